The van der Waals surface area contributed by atoms with Crippen molar-refractivity contribution in [1.82, 2.24) is 5.32 Å². The lowest BCUT2D eigenvalue weighted by Gasteiger charge is -2.19. The summed E-state index contributed by atoms with van der Waals surface area (Å²) < 4.78 is 0. The van der Waals surface area contributed by atoms with Crippen LogP contribution >= 0.6 is 23.2 Å². The fourth-order valence-electron chi connectivity index (χ4n) is 1.76. The van der Waals surface area contributed by atoms with E-state index in [1.165, 1.54) is 0 Å². The van der Waals surface area contributed by atoms with Gasteiger partial charge in [-0.05, 0) is 31.0 Å². The van der Waals surface area contributed by atoms with E-state index < -0.39 is 6.10 Å². The Morgan fingerprint density at radius 2 is 2.06 bits per heavy atom. The van der Waals surface area contributed by atoms with E-state index in [-0.39, 0.29) is 12.6 Å². The predicted molar refractivity (Wildman–Crippen MR) is 75.2 cm³/mol. The van der Waals surface area contributed by atoms with E-state index in [1.807, 2.05) is 6.92 Å². The Hall–Kier alpha value is -0.320. The van der Waals surface area contributed by atoms with E-state index >= 15 is 0 Å². The van der Waals surface area contributed by atoms with E-state index in [9.17, 15) is 5.11 Å². The molecule has 1 rings (SSSR count). The van der Waals surface area contributed by atoms with Crippen molar-refractivity contribution in [3.05, 3.63) is 33.8 Å². The SMILES string of the molecule is CCC(CCO)NCC(O)c1cc(Cl)ccc1Cl. The van der Waals surface area contributed by atoms with Crippen LogP contribution in [0.3, 0.4) is 0 Å². The summed E-state index contributed by atoms with van der Waals surface area (Å²) in [6.07, 6.45) is 0.868. The molecule has 0 amide bonds. The summed E-state index contributed by atoms with van der Waals surface area (Å²) in [7, 11) is 0. The van der Waals surface area contributed by atoms with Gasteiger partial charge < -0.3 is 15.5 Å². The van der Waals surface area contributed by atoms with Crippen LogP contribution in [0.4, 0.5) is 0 Å². The Bertz CT molecular complexity index is 374. The lowest BCUT2D eigenvalue weighted by molar-refractivity contribution is 0.165. The summed E-state index contributed by atoms with van der Waals surface area (Å²) in [5.41, 5.74) is 0.621. The Morgan fingerprint density at radius 3 is 2.67 bits per heavy atom. The first-order valence-electron chi connectivity index (χ1n) is 6.05. The normalized spacial score (nSPS) is 14.5. The van der Waals surface area contributed by atoms with Gasteiger partial charge in [0.2, 0.25) is 0 Å². The van der Waals surface area contributed by atoms with Gasteiger partial charge in [0.15, 0.2) is 0 Å². The third-order valence-electron chi connectivity index (χ3n) is 2.89. The highest BCUT2D eigenvalue weighted by Gasteiger charge is 2.14. The van der Waals surface area contributed by atoms with Gasteiger partial charge in [-0.3, -0.25) is 0 Å². The van der Waals surface area contributed by atoms with Crippen LogP contribution < -0.4 is 5.32 Å². The molecule has 5 heteroatoms. The Morgan fingerprint density at radius 1 is 1.33 bits per heavy atom. The summed E-state index contributed by atoms with van der Waals surface area (Å²) in [4.78, 5) is 0. The Kier molecular flexibility index (Phi) is 6.97. The second-order valence-electron chi connectivity index (χ2n) is 4.21. The van der Waals surface area contributed by atoms with Crippen LogP contribution in [-0.4, -0.2) is 29.4 Å². The minimum atomic E-state index is -0.705. The van der Waals surface area contributed by atoms with Gasteiger partial charge in [-0.15, -0.1) is 0 Å². The highest BCUT2D eigenvalue weighted by atomic mass is 35.5. The number of aliphatic hydroxyl groups is 2. The van der Waals surface area contributed by atoms with Crippen LogP contribution in [-0.2, 0) is 0 Å². The zero-order valence-electron chi connectivity index (χ0n) is 10.4. The number of halogens is 2. The first kappa shape index (κ1) is 15.7. The third-order valence-corrected chi connectivity index (χ3v) is 3.47. The van der Waals surface area contributed by atoms with Crippen LogP contribution in [0.2, 0.25) is 10.0 Å². The van der Waals surface area contributed by atoms with Crippen molar-refractivity contribution >= 4 is 23.2 Å². The molecule has 1 aromatic carbocycles. The molecule has 0 fully saturated rings. The first-order valence-corrected chi connectivity index (χ1v) is 6.81. The zero-order chi connectivity index (χ0) is 13.5. The van der Waals surface area contributed by atoms with E-state index in [1.54, 1.807) is 18.2 Å². The summed E-state index contributed by atoms with van der Waals surface area (Å²) in [6.45, 7) is 2.56. The highest BCUT2D eigenvalue weighted by Crippen LogP contribution is 2.26. The largest absolute Gasteiger partial charge is 0.396 e. The molecule has 0 aliphatic rings. The van der Waals surface area contributed by atoms with Gasteiger partial charge >= 0.3 is 0 Å². The average molecular weight is 292 g/mol. The monoisotopic (exact) mass is 291 g/mol. The van der Waals surface area contributed by atoms with Crippen LogP contribution in [0, 0.1) is 0 Å². The maximum atomic E-state index is 10.1. The van der Waals surface area contributed by atoms with Crippen molar-refractivity contribution in [2.24, 2.45) is 0 Å². The van der Waals surface area contributed by atoms with Crippen molar-refractivity contribution < 1.29 is 10.2 Å². The van der Waals surface area contributed by atoms with Crippen LogP contribution in [0.15, 0.2) is 18.2 Å². The number of hydrogen-bond acceptors (Lipinski definition) is 3. The quantitative estimate of drug-likeness (QED) is 0.724. The number of aliphatic hydroxyl groups excluding tert-OH is 2. The van der Waals surface area contributed by atoms with Gasteiger partial charge in [0.25, 0.3) is 0 Å². The molecule has 3 N–H and O–H groups in total. The maximum absolute atomic E-state index is 10.1. The molecule has 0 aliphatic heterocycles. The molecule has 2 unspecified atom stereocenters. The number of nitrogens with one attached hydrogen (secondary N) is 1. The standard InChI is InChI=1S/C13H19Cl2NO2/c1-2-10(5-6-17)16-8-13(18)11-7-9(14)3-4-12(11)15/h3-4,7,10,13,16-18H,2,5-6,8H2,1H3. The Balaban J connectivity index is 2.59. The molecule has 0 aliphatic carbocycles. The van der Waals surface area contributed by atoms with Gasteiger partial charge in [-0.2, -0.15) is 0 Å². The molecule has 2 atom stereocenters. The summed E-state index contributed by atoms with van der Waals surface area (Å²) in [6, 6.07) is 5.23. The third kappa shape index (κ3) is 4.75. The van der Waals surface area contributed by atoms with Crippen LogP contribution in [0.25, 0.3) is 0 Å². The van der Waals surface area contributed by atoms with Gasteiger partial charge in [0.1, 0.15) is 0 Å². The van der Waals surface area contributed by atoms with Gasteiger partial charge in [0, 0.05) is 34.8 Å². The average Bonchev–Trinajstić information content (AvgIpc) is 2.37. The van der Waals surface area contributed by atoms with E-state index in [0.717, 1.165) is 6.42 Å². The fourth-order valence-corrected chi connectivity index (χ4v) is 2.19. The fraction of sp³-hybridized carbons (Fsp3) is 0.538. The van der Waals surface area contributed by atoms with Gasteiger partial charge in [0.05, 0.1) is 6.10 Å². The van der Waals surface area contributed by atoms with E-state index in [4.69, 9.17) is 28.3 Å². The highest BCUT2D eigenvalue weighted by molar-refractivity contribution is 6.33. The molecule has 0 spiro atoms. The predicted octanol–water partition coefficient (Wildman–Crippen LogP) is 2.78. The minimum absolute atomic E-state index is 0.138. The minimum Gasteiger partial charge on any atom is -0.396 e. The van der Waals surface area contributed by atoms with Crippen molar-refractivity contribution in [3.8, 4) is 0 Å². The molecule has 0 bridgehead atoms. The Labute approximate surface area is 118 Å². The summed E-state index contributed by atoms with van der Waals surface area (Å²) >= 11 is 11.9. The van der Waals surface area contributed by atoms with Crippen LogP contribution in [0.1, 0.15) is 31.4 Å². The summed E-state index contributed by atoms with van der Waals surface area (Å²) in [5, 5.41) is 23.2. The van der Waals surface area contributed by atoms with E-state index in [2.05, 4.69) is 5.32 Å². The number of rotatable bonds is 7. The lowest BCUT2D eigenvalue weighted by atomic mass is 10.1. The molecule has 18 heavy (non-hydrogen) atoms. The molecular formula is C13H19Cl2NO2. The van der Waals surface area contributed by atoms with Gasteiger partial charge in [-0.1, -0.05) is 30.1 Å². The second-order valence-corrected chi connectivity index (χ2v) is 5.05. The molecule has 0 saturated carbocycles. The topological polar surface area (TPSA) is 52.5 Å². The molecule has 0 heterocycles. The van der Waals surface area contributed by atoms with Gasteiger partial charge in [-0.25, -0.2) is 0 Å². The zero-order valence-corrected chi connectivity index (χ0v) is 11.9. The molecule has 1 aromatic rings. The van der Waals surface area contributed by atoms with Crippen molar-refractivity contribution in [1.29, 1.82) is 0 Å². The summed E-state index contributed by atoms with van der Waals surface area (Å²) in [5.74, 6) is 0. The molecular weight excluding hydrogens is 273 g/mol. The van der Waals surface area contributed by atoms with Crippen molar-refractivity contribution in [2.75, 3.05) is 13.2 Å². The smallest absolute Gasteiger partial charge is 0.0929 e. The second kappa shape index (κ2) is 7.97. The molecule has 3 nitrogen and oxygen atoms in total. The van der Waals surface area contributed by atoms with Crippen LogP contribution in [0.5, 0.6) is 0 Å². The lowest BCUT2D eigenvalue weighted by Crippen LogP contribution is -2.33. The maximum Gasteiger partial charge on any atom is 0.0929 e. The molecule has 0 radical (unpaired) electrons. The first-order chi connectivity index (χ1) is 8.58. The van der Waals surface area contributed by atoms with E-state index in [0.29, 0.717) is 28.6 Å². The van der Waals surface area contributed by atoms with Crippen molar-refractivity contribution in [3.63, 3.8) is 0 Å². The molecule has 0 aromatic heterocycles. The molecule has 0 saturated heterocycles. The number of hydrogen-bond donors (Lipinski definition) is 3. The molecule has 102 valence electrons. The number of benzene rings is 1. The van der Waals surface area contributed by atoms with Crippen molar-refractivity contribution in [2.45, 2.75) is 31.9 Å².